The predicted octanol–water partition coefficient (Wildman–Crippen LogP) is 2.89. The number of nitrogens with two attached hydrogens (primary N) is 1. The van der Waals surface area contributed by atoms with Crippen molar-refractivity contribution >= 4 is 17.4 Å². The van der Waals surface area contributed by atoms with Gasteiger partial charge in [0.15, 0.2) is 0 Å². The van der Waals surface area contributed by atoms with Gasteiger partial charge >= 0.3 is 6.18 Å². The highest BCUT2D eigenvalue weighted by molar-refractivity contribution is 6.31. The third kappa shape index (κ3) is 3.19. The van der Waals surface area contributed by atoms with E-state index in [-0.39, 0.29) is 26.1 Å². The van der Waals surface area contributed by atoms with Gasteiger partial charge in [0.05, 0.1) is 5.02 Å². The predicted molar refractivity (Wildman–Crippen MR) is 68.1 cm³/mol. The molecule has 0 radical (unpaired) electrons. The molecule has 0 bridgehead atoms. The van der Waals surface area contributed by atoms with Crippen molar-refractivity contribution in [2.45, 2.75) is 19.1 Å². The van der Waals surface area contributed by atoms with Crippen molar-refractivity contribution in [1.29, 1.82) is 0 Å². The van der Waals surface area contributed by atoms with Gasteiger partial charge in [-0.2, -0.15) is 13.2 Å². The number of alkyl halides is 3. The molecule has 0 saturated carbocycles. The smallest absolute Gasteiger partial charge is 0.353 e. The Morgan fingerprint density at radius 1 is 1.42 bits per heavy atom. The Kier molecular flexibility index (Phi) is 4.01. The van der Waals surface area contributed by atoms with Gasteiger partial charge in [-0.15, -0.1) is 0 Å². The van der Waals surface area contributed by atoms with Crippen LogP contribution in [0.15, 0.2) is 23.9 Å². The molecule has 19 heavy (non-hydrogen) atoms. The second-order valence-corrected chi connectivity index (χ2v) is 4.67. The van der Waals surface area contributed by atoms with Crippen LogP contribution < -0.4 is 10.6 Å². The Morgan fingerprint density at radius 2 is 2.16 bits per heavy atom. The lowest BCUT2D eigenvalue weighted by Crippen LogP contribution is -2.32. The number of halogens is 4. The van der Waals surface area contributed by atoms with E-state index < -0.39 is 11.7 Å². The number of hydrogen-bond acceptors (Lipinski definition) is 3. The van der Waals surface area contributed by atoms with Crippen LogP contribution in [0.25, 0.3) is 0 Å². The van der Waals surface area contributed by atoms with Crippen molar-refractivity contribution in [2.75, 3.05) is 18.0 Å². The van der Waals surface area contributed by atoms with Gasteiger partial charge < -0.3 is 10.6 Å². The number of anilines is 1. The molecule has 1 aromatic rings. The number of aromatic nitrogens is 1. The van der Waals surface area contributed by atoms with Gasteiger partial charge in [-0.3, -0.25) is 0 Å². The minimum absolute atomic E-state index is 0.0359. The number of rotatable bonds is 2. The molecule has 0 saturated heterocycles. The number of pyridine rings is 1. The zero-order chi connectivity index (χ0) is 14.0. The Bertz CT molecular complexity index is 499. The first-order valence-corrected chi connectivity index (χ1v) is 6.15. The Morgan fingerprint density at radius 3 is 2.68 bits per heavy atom. The third-order valence-corrected chi connectivity index (χ3v) is 3.38. The van der Waals surface area contributed by atoms with E-state index in [4.69, 9.17) is 17.3 Å². The van der Waals surface area contributed by atoms with Crippen molar-refractivity contribution in [1.82, 2.24) is 4.98 Å². The molecule has 0 unspecified atom stereocenters. The Hall–Kier alpha value is -1.27. The zero-order valence-corrected chi connectivity index (χ0v) is 10.8. The fraction of sp³-hybridized carbons (Fsp3) is 0.417. The summed E-state index contributed by atoms with van der Waals surface area (Å²) in [5, 5.41) is 0.467. The maximum Gasteiger partial charge on any atom is 0.412 e. The van der Waals surface area contributed by atoms with Crippen LogP contribution in [-0.4, -0.2) is 24.2 Å². The van der Waals surface area contributed by atoms with Crippen molar-refractivity contribution in [3.05, 3.63) is 34.5 Å². The maximum atomic E-state index is 12.5. The summed E-state index contributed by atoms with van der Waals surface area (Å²) in [6, 6.07) is 1.72. The topological polar surface area (TPSA) is 42.1 Å². The number of nitrogens with zero attached hydrogens (tertiary/aromatic N) is 2. The zero-order valence-electron chi connectivity index (χ0n) is 10.0. The second kappa shape index (κ2) is 5.38. The van der Waals surface area contributed by atoms with E-state index in [9.17, 15) is 13.2 Å². The monoisotopic (exact) mass is 291 g/mol. The van der Waals surface area contributed by atoms with Gasteiger partial charge in [-0.05, 0) is 18.1 Å². The fourth-order valence-corrected chi connectivity index (χ4v) is 2.11. The minimum atomic E-state index is -4.23. The Labute approximate surface area is 113 Å². The van der Waals surface area contributed by atoms with E-state index >= 15 is 0 Å². The summed E-state index contributed by atoms with van der Waals surface area (Å²) in [4.78, 5) is 5.89. The highest BCUT2D eigenvalue weighted by Crippen LogP contribution is 2.31. The van der Waals surface area contributed by atoms with Crippen LogP contribution in [-0.2, 0) is 6.54 Å². The molecule has 3 nitrogen and oxygen atoms in total. The standard InChI is InChI=1S/C12H13ClF3N3/c13-10-7-18-11(5-8(10)6-17)19-3-1-9(2-4-19)12(14,15)16/h1,5,7H,2-4,6,17H2. The fourth-order valence-electron chi connectivity index (χ4n) is 1.93. The summed E-state index contributed by atoms with van der Waals surface area (Å²) >= 11 is 5.90. The molecule has 0 amide bonds. The van der Waals surface area contributed by atoms with Crippen molar-refractivity contribution in [3.8, 4) is 0 Å². The van der Waals surface area contributed by atoms with Crippen molar-refractivity contribution < 1.29 is 13.2 Å². The van der Waals surface area contributed by atoms with Gasteiger partial charge in [0.25, 0.3) is 0 Å². The molecule has 7 heteroatoms. The highest BCUT2D eigenvalue weighted by atomic mass is 35.5. The first-order chi connectivity index (χ1) is 8.91. The third-order valence-electron chi connectivity index (χ3n) is 3.04. The van der Waals surface area contributed by atoms with Crippen LogP contribution in [0.2, 0.25) is 5.02 Å². The van der Waals surface area contributed by atoms with E-state index in [1.807, 2.05) is 0 Å². The van der Waals surface area contributed by atoms with Crippen molar-refractivity contribution in [2.24, 2.45) is 5.73 Å². The summed E-state index contributed by atoms with van der Waals surface area (Å²) < 4.78 is 37.5. The molecule has 0 atom stereocenters. The largest absolute Gasteiger partial charge is 0.412 e. The van der Waals surface area contributed by atoms with Crippen LogP contribution in [0, 0.1) is 0 Å². The molecule has 1 aromatic heterocycles. The second-order valence-electron chi connectivity index (χ2n) is 4.26. The van der Waals surface area contributed by atoms with Gasteiger partial charge in [0.1, 0.15) is 5.82 Å². The summed E-state index contributed by atoms with van der Waals surface area (Å²) in [5.41, 5.74) is 5.80. The molecule has 1 aliphatic heterocycles. The molecule has 104 valence electrons. The summed E-state index contributed by atoms with van der Waals surface area (Å²) in [6.07, 6.45) is -1.60. The Balaban J connectivity index is 2.16. The first kappa shape index (κ1) is 14.1. The average molecular weight is 292 g/mol. The minimum Gasteiger partial charge on any atom is -0.353 e. The molecule has 2 N–H and O–H groups in total. The lowest BCUT2D eigenvalue weighted by Gasteiger charge is -2.28. The molecule has 0 spiro atoms. The van der Waals surface area contributed by atoms with Crippen LogP contribution in [0.5, 0.6) is 0 Å². The molecule has 0 aromatic carbocycles. The lowest BCUT2D eigenvalue weighted by atomic mass is 10.1. The van der Waals surface area contributed by atoms with Gasteiger partial charge in [-0.1, -0.05) is 17.7 Å². The molecule has 1 aliphatic rings. The lowest BCUT2D eigenvalue weighted by molar-refractivity contribution is -0.0944. The van der Waals surface area contributed by atoms with Gasteiger partial charge in [0, 0.05) is 31.4 Å². The van der Waals surface area contributed by atoms with Crippen molar-refractivity contribution in [3.63, 3.8) is 0 Å². The summed E-state index contributed by atoms with van der Waals surface area (Å²) in [7, 11) is 0. The van der Waals surface area contributed by atoms with Gasteiger partial charge in [-0.25, -0.2) is 4.98 Å². The summed E-state index contributed by atoms with van der Waals surface area (Å²) in [6.45, 7) is 0.739. The van der Waals surface area contributed by atoms with E-state index in [0.29, 0.717) is 10.8 Å². The van der Waals surface area contributed by atoms with E-state index in [1.165, 1.54) is 12.3 Å². The first-order valence-electron chi connectivity index (χ1n) is 5.77. The molecule has 2 heterocycles. The maximum absolute atomic E-state index is 12.5. The normalized spacial score (nSPS) is 16.5. The molecular weight excluding hydrogens is 279 g/mol. The molecular formula is C12H13ClF3N3. The van der Waals surface area contributed by atoms with E-state index in [2.05, 4.69) is 4.98 Å². The molecule has 2 rings (SSSR count). The van der Waals surface area contributed by atoms with Crippen LogP contribution in [0.3, 0.4) is 0 Å². The average Bonchev–Trinajstić information content (AvgIpc) is 2.38. The van der Waals surface area contributed by atoms with Crippen LogP contribution in [0.4, 0.5) is 19.0 Å². The molecule has 0 aliphatic carbocycles. The highest BCUT2D eigenvalue weighted by Gasteiger charge is 2.34. The quantitative estimate of drug-likeness (QED) is 0.852. The van der Waals surface area contributed by atoms with E-state index in [0.717, 1.165) is 5.56 Å². The molecule has 0 fully saturated rings. The number of hydrogen-bond donors (Lipinski definition) is 1. The van der Waals surface area contributed by atoms with Gasteiger partial charge in [0.2, 0.25) is 0 Å². The van der Waals surface area contributed by atoms with E-state index in [1.54, 1.807) is 11.0 Å². The summed E-state index contributed by atoms with van der Waals surface area (Å²) in [5.74, 6) is 0.599. The van der Waals surface area contributed by atoms with Crippen LogP contribution in [0.1, 0.15) is 12.0 Å². The SMILES string of the molecule is NCc1cc(N2CC=C(C(F)(F)F)CC2)ncc1Cl. The van der Waals surface area contributed by atoms with Crippen LogP contribution >= 0.6 is 11.6 Å².